The number of methoxy groups -OCH3 is 1. The average Bonchev–Trinajstić information content (AvgIpc) is 2.89. The molecule has 0 aliphatic carbocycles. The van der Waals surface area contributed by atoms with Crippen molar-refractivity contribution in [1.29, 1.82) is 0 Å². The maximum Gasteiger partial charge on any atom is 0.416 e. The van der Waals surface area contributed by atoms with E-state index in [-0.39, 0.29) is 5.52 Å². The van der Waals surface area contributed by atoms with Crippen LogP contribution in [-0.2, 0) is 6.18 Å². The monoisotopic (exact) mass is 294 g/mol. The minimum absolute atomic E-state index is 0.238. The number of hydrogen-bond donors (Lipinski definition) is 0. The second-order valence-corrected chi connectivity index (χ2v) is 4.25. The summed E-state index contributed by atoms with van der Waals surface area (Å²) >= 11 is 0. The highest BCUT2D eigenvalue weighted by atomic mass is 19.4. The van der Waals surface area contributed by atoms with Gasteiger partial charge in [-0.05, 0) is 24.3 Å². The largest absolute Gasteiger partial charge is 0.480 e. The summed E-state index contributed by atoms with van der Waals surface area (Å²) < 4.78 is 44.4. The SMILES string of the molecule is COc1ccc(-n2cnc3cc(C(F)(F)F)ccc32)nn1. The fraction of sp³-hybridized carbons (Fsp3) is 0.154. The van der Waals surface area contributed by atoms with Gasteiger partial charge in [0.2, 0.25) is 5.88 Å². The summed E-state index contributed by atoms with van der Waals surface area (Å²) in [6.45, 7) is 0. The summed E-state index contributed by atoms with van der Waals surface area (Å²) in [5.74, 6) is 0.792. The topological polar surface area (TPSA) is 52.8 Å². The van der Waals surface area contributed by atoms with E-state index in [0.29, 0.717) is 17.2 Å². The van der Waals surface area contributed by atoms with E-state index in [4.69, 9.17) is 4.74 Å². The molecular weight excluding hydrogens is 285 g/mol. The van der Waals surface area contributed by atoms with Gasteiger partial charge in [0, 0.05) is 6.07 Å². The summed E-state index contributed by atoms with van der Waals surface area (Å²) in [7, 11) is 1.47. The molecule has 3 aromatic rings. The number of imidazole rings is 1. The molecule has 0 aliphatic rings. The van der Waals surface area contributed by atoms with Crippen molar-refractivity contribution >= 4 is 11.0 Å². The molecule has 21 heavy (non-hydrogen) atoms. The number of fused-ring (bicyclic) bond motifs is 1. The van der Waals surface area contributed by atoms with E-state index in [1.54, 1.807) is 16.7 Å². The van der Waals surface area contributed by atoms with Crippen LogP contribution in [0.15, 0.2) is 36.7 Å². The van der Waals surface area contributed by atoms with Crippen LogP contribution in [0.5, 0.6) is 5.88 Å². The molecule has 0 saturated carbocycles. The molecule has 108 valence electrons. The number of alkyl halides is 3. The third kappa shape index (κ3) is 2.39. The zero-order valence-electron chi connectivity index (χ0n) is 10.8. The smallest absolute Gasteiger partial charge is 0.416 e. The minimum Gasteiger partial charge on any atom is -0.480 e. The Bertz CT molecular complexity index is 780. The molecule has 2 aromatic heterocycles. The van der Waals surface area contributed by atoms with Crippen LogP contribution in [0, 0.1) is 0 Å². The van der Waals surface area contributed by atoms with E-state index in [9.17, 15) is 13.2 Å². The summed E-state index contributed by atoms with van der Waals surface area (Å²) in [6.07, 6.45) is -2.99. The Morgan fingerprint density at radius 2 is 1.90 bits per heavy atom. The number of halogens is 3. The molecular formula is C13H9F3N4O. The van der Waals surface area contributed by atoms with Gasteiger partial charge in [-0.25, -0.2) is 4.98 Å². The van der Waals surface area contributed by atoms with Gasteiger partial charge in [0.05, 0.1) is 23.7 Å². The van der Waals surface area contributed by atoms with Crippen LogP contribution in [0.2, 0.25) is 0 Å². The maximum absolute atomic E-state index is 12.7. The lowest BCUT2D eigenvalue weighted by atomic mass is 10.2. The molecule has 1 aromatic carbocycles. The van der Waals surface area contributed by atoms with Crippen LogP contribution in [0.3, 0.4) is 0 Å². The van der Waals surface area contributed by atoms with Gasteiger partial charge in [0.1, 0.15) is 6.33 Å². The molecule has 0 spiro atoms. The molecule has 5 nitrogen and oxygen atoms in total. The zero-order valence-corrected chi connectivity index (χ0v) is 10.8. The van der Waals surface area contributed by atoms with Crippen LogP contribution in [0.25, 0.3) is 16.9 Å². The quantitative estimate of drug-likeness (QED) is 0.729. The summed E-state index contributed by atoms with van der Waals surface area (Å²) in [5.41, 5.74) is 0.0194. The van der Waals surface area contributed by atoms with Crippen molar-refractivity contribution in [3.63, 3.8) is 0 Å². The Kier molecular flexibility index (Phi) is 3.00. The number of nitrogens with zero attached hydrogens (tertiary/aromatic N) is 4. The predicted molar refractivity (Wildman–Crippen MR) is 68.2 cm³/mol. The zero-order chi connectivity index (χ0) is 15.0. The van der Waals surface area contributed by atoms with E-state index < -0.39 is 11.7 Å². The third-order valence-corrected chi connectivity index (χ3v) is 2.96. The van der Waals surface area contributed by atoms with Gasteiger partial charge in [-0.3, -0.25) is 4.57 Å². The van der Waals surface area contributed by atoms with E-state index >= 15 is 0 Å². The van der Waals surface area contributed by atoms with Crippen molar-refractivity contribution in [3.05, 3.63) is 42.2 Å². The number of benzene rings is 1. The number of rotatable bonds is 2. The Hall–Kier alpha value is -2.64. The molecule has 8 heteroatoms. The van der Waals surface area contributed by atoms with Crippen molar-refractivity contribution in [1.82, 2.24) is 19.7 Å². The first kappa shape index (κ1) is 13.3. The van der Waals surface area contributed by atoms with Gasteiger partial charge in [-0.15, -0.1) is 10.2 Å². The van der Waals surface area contributed by atoms with Crippen LogP contribution in [-0.4, -0.2) is 26.9 Å². The molecule has 0 atom stereocenters. The predicted octanol–water partition coefficient (Wildman–Crippen LogP) is 2.84. The number of hydrogen-bond acceptors (Lipinski definition) is 4. The van der Waals surface area contributed by atoms with Crippen molar-refractivity contribution in [2.75, 3.05) is 7.11 Å². The summed E-state index contributed by atoms with van der Waals surface area (Å²) in [6, 6.07) is 6.63. The van der Waals surface area contributed by atoms with Crippen molar-refractivity contribution in [3.8, 4) is 11.7 Å². The number of ether oxygens (including phenoxy) is 1. The summed E-state index contributed by atoms with van der Waals surface area (Å²) in [5, 5.41) is 7.75. The van der Waals surface area contributed by atoms with E-state index in [2.05, 4.69) is 15.2 Å². The van der Waals surface area contributed by atoms with Crippen LogP contribution in [0.1, 0.15) is 5.56 Å². The highest BCUT2D eigenvalue weighted by Crippen LogP contribution is 2.31. The van der Waals surface area contributed by atoms with Gasteiger partial charge in [-0.1, -0.05) is 0 Å². The first-order valence-corrected chi connectivity index (χ1v) is 5.91. The molecule has 2 heterocycles. The minimum atomic E-state index is -4.39. The molecule has 0 aliphatic heterocycles. The second kappa shape index (κ2) is 4.72. The third-order valence-electron chi connectivity index (χ3n) is 2.96. The van der Waals surface area contributed by atoms with Gasteiger partial charge < -0.3 is 4.74 Å². The van der Waals surface area contributed by atoms with Gasteiger partial charge in [-0.2, -0.15) is 13.2 Å². The van der Waals surface area contributed by atoms with Crippen molar-refractivity contribution in [2.45, 2.75) is 6.18 Å². The fourth-order valence-corrected chi connectivity index (χ4v) is 1.92. The molecule has 0 bridgehead atoms. The average molecular weight is 294 g/mol. The first-order valence-electron chi connectivity index (χ1n) is 5.91. The van der Waals surface area contributed by atoms with Crippen LogP contribution in [0.4, 0.5) is 13.2 Å². The molecule has 0 radical (unpaired) electrons. The Labute approximate surface area is 117 Å². The van der Waals surface area contributed by atoms with Gasteiger partial charge >= 0.3 is 6.18 Å². The van der Waals surface area contributed by atoms with E-state index in [1.807, 2.05) is 0 Å². The lowest BCUT2D eigenvalue weighted by Crippen LogP contribution is -2.04. The van der Waals surface area contributed by atoms with Crippen molar-refractivity contribution < 1.29 is 17.9 Å². The molecule has 0 fully saturated rings. The Morgan fingerprint density at radius 1 is 1.10 bits per heavy atom. The van der Waals surface area contributed by atoms with Crippen molar-refractivity contribution in [2.24, 2.45) is 0 Å². The first-order chi connectivity index (χ1) is 9.99. The fourth-order valence-electron chi connectivity index (χ4n) is 1.92. The number of aromatic nitrogens is 4. The lowest BCUT2D eigenvalue weighted by Gasteiger charge is -2.07. The van der Waals surface area contributed by atoms with Gasteiger partial charge in [0.15, 0.2) is 5.82 Å². The molecule has 0 N–H and O–H groups in total. The van der Waals surface area contributed by atoms with Crippen LogP contribution >= 0.6 is 0 Å². The summed E-state index contributed by atoms with van der Waals surface area (Å²) in [4.78, 5) is 3.98. The van der Waals surface area contributed by atoms with E-state index in [1.165, 1.54) is 19.5 Å². The van der Waals surface area contributed by atoms with Gasteiger partial charge in [0.25, 0.3) is 0 Å². The standard InChI is InChI=1S/C13H9F3N4O/c1-21-12-5-4-11(18-19-12)20-7-17-9-6-8(13(14,15)16)2-3-10(9)20/h2-7H,1H3. The molecule has 3 rings (SSSR count). The highest BCUT2D eigenvalue weighted by Gasteiger charge is 2.30. The van der Waals surface area contributed by atoms with Crippen LogP contribution < -0.4 is 4.74 Å². The lowest BCUT2D eigenvalue weighted by molar-refractivity contribution is -0.137. The highest BCUT2D eigenvalue weighted by molar-refractivity contribution is 5.77. The van der Waals surface area contributed by atoms with E-state index in [0.717, 1.165) is 12.1 Å². The maximum atomic E-state index is 12.7. The Morgan fingerprint density at radius 3 is 2.52 bits per heavy atom. The molecule has 0 saturated heterocycles. The molecule has 0 unspecified atom stereocenters. The molecule has 0 amide bonds. The Balaban J connectivity index is 2.07. The second-order valence-electron chi connectivity index (χ2n) is 4.25. The normalized spacial score (nSPS) is 11.8.